The average Bonchev–Trinajstić information content (AvgIpc) is 2.15. The Balaban J connectivity index is 2.41. The van der Waals surface area contributed by atoms with Crippen LogP contribution in [0.25, 0.3) is 0 Å². The van der Waals surface area contributed by atoms with Gasteiger partial charge in [-0.1, -0.05) is 13.8 Å². The predicted molar refractivity (Wildman–Crippen MR) is 62.5 cm³/mol. The lowest BCUT2D eigenvalue weighted by atomic mass is 9.98. The van der Waals surface area contributed by atoms with Gasteiger partial charge >= 0.3 is 0 Å². The second kappa shape index (κ2) is 3.72. The molecule has 0 amide bonds. The van der Waals surface area contributed by atoms with E-state index in [1.807, 2.05) is 30.0 Å². The number of hydrogen-bond donors (Lipinski definition) is 1. The fourth-order valence-electron chi connectivity index (χ4n) is 1.92. The third-order valence-corrected chi connectivity index (χ3v) is 3.96. The second-order valence-electron chi connectivity index (χ2n) is 4.49. The highest BCUT2D eigenvalue weighted by Crippen LogP contribution is 2.47. The minimum atomic E-state index is -0.369. The minimum Gasteiger partial charge on any atom is -0.497 e. The van der Waals surface area contributed by atoms with Crippen LogP contribution in [0.3, 0.4) is 0 Å². The van der Waals surface area contributed by atoms with Crippen LogP contribution in [0.4, 0.5) is 0 Å². The van der Waals surface area contributed by atoms with Gasteiger partial charge in [0.2, 0.25) is 0 Å². The second-order valence-corrected chi connectivity index (χ2v) is 6.23. The van der Waals surface area contributed by atoms with Gasteiger partial charge in [0, 0.05) is 9.64 Å². The van der Waals surface area contributed by atoms with Crippen LogP contribution in [0.5, 0.6) is 5.75 Å². The summed E-state index contributed by atoms with van der Waals surface area (Å²) in [6.07, 6.45) is 0.420. The molecule has 1 atom stereocenters. The quantitative estimate of drug-likeness (QED) is 0.795. The van der Waals surface area contributed by atoms with Crippen LogP contribution in [-0.2, 0) is 0 Å². The van der Waals surface area contributed by atoms with Crippen molar-refractivity contribution in [2.45, 2.75) is 36.0 Å². The average molecular weight is 224 g/mol. The monoisotopic (exact) mass is 224 g/mol. The third kappa shape index (κ3) is 2.13. The lowest BCUT2D eigenvalue weighted by molar-refractivity contribution is 0.150. The van der Waals surface area contributed by atoms with Crippen LogP contribution in [0.15, 0.2) is 23.1 Å². The smallest absolute Gasteiger partial charge is 0.119 e. The number of aliphatic hydroxyl groups excluding tert-OH is 1. The molecule has 0 bridgehead atoms. The van der Waals surface area contributed by atoms with Gasteiger partial charge in [-0.05, 0) is 30.2 Å². The Labute approximate surface area is 94.6 Å². The first-order chi connectivity index (χ1) is 7.02. The number of aliphatic hydroxyl groups is 1. The van der Waals surface area contributed by atoms with Crippen LogP contribution in [0.1, 0.15) is 31.9 Å². The molecule has 1 aromatic carbocycles. The van der Waals surface area contributed by atoms with Crippen molar-refractivity contribution in [2.24, 2.45) is 0 Å². The maximum Gasteiger partial charge on any atom is 0.119 e. The number of fused-ring (bicyclic) bond motifs is 1. The number of methoxy groups -OCH3 is 1. The SMILES string of the molecule is COc1ccc2c(c1)C(O)CC(C)(C)S2. The molecule has 0 radical (unpaired) electrons. The third-order valence-electron chi connectivity index (χ3n) is 2.65. The lowest BCUT2D eigenvalue weighted by Gasteiger charge is -2.34. The van der Waals surface area contributed by atoms with Gasteiger partial charge in [0.05, 0.1) is 13.2 Å². The van der Waals surface area contributed by atoms with Crippen molar-refractivity contribution in [2.75, 3.05) is 7.11 Å². The molecule has 0 fully saturated rings. The molecular weight excluding hydrogens is 208 g/mol. The van der Waals surface area contributed by atoms with Gasteiger partial charge in [0.25, 0.3) is 0 Å². The van der Waals surface area contributed by atoms with Gasteiger partial charge in [0.1, 0.15) is 5.75 Å². The summed E-state index contributed by atoms with van der Waals surface area (Å²) in [5.74, 6) is 0.813. The van der Waals surface area contributed by atoms with E-state index in [0.717, 1.165) is 17.7 Å². The first kappa shape index (κ1) is 10.8. The molecule has 1 heterocycles. The summed E-state index contributed by atoms with van der Waals surface area (Å²) in [5.41, 5.74) is 0.999. The van der Waals surface area contributed by atoms with Gasteiger partial charge in [-0.3, -0.25) is 0 Å². The van der Waals surface area contributed by atoms with E-state index < -0.39 is 0 Å². The van der Waals surface area contributed by atoms with Crippen molar-refractivity contribution in [1.29, 1.82) is 0 Å². The van der Waals surface area contributed by atoms with Crippen molar-refractivity contribution in [3.8, 4) is 5.75 Å². The zero-order valence-corrected chi connectivity index (χ0v) is 10.1. The molecule has 0 aromatic heterocycles. The number of benzene rings is 1. The molecule has 1 N–H and O–H groups in total. The molecule has 3 heteroatoms. The Bertz CT molecular complexity index is 374. The van der Waals surface area contributed by atoms with Crippen LogP contribution in [-0.4, -0.2) is 17.0 Å². The molecule has 1 aliphatic heterocycles. The Morgan fingerprint density at radius 2 is 2.20 bits per heavy atom. The van der Waals surface area contributed by atoms with Crippen LogP contribution >= 0.6 is 11.8 Å². The Kier molecular flexibility index (Phi) is 2.69. The van der Waals surface area contributed by atoms with E-state index >= 15 is 0 Å². The molecule has 15 heavy (non-hydrogen) atoms. The summed E-state index contributed by atoms with van der Waals surface area (Å²) in [4.78, 5) is 1.17. The summed E-state index contributed by atoms with van der Waals surface area (Å²) >= 11 is 1.82. The van der Waals surface area contributed by atoms with Gasteiger partial charge in [-0.25, -0.2) is 0 Å². The predicted octanol–water partition coefficient (Wildman–Crippen LogP) is 3.00. The fraction of sp³-hybridized carbons (Fsp3) is 0.500. The molecule has 2 nitrogen and oxygen atoms in total. The van der Waals surface area contributed by atoms with Crippen LogP contribution in [0.2, 0.25) is 0 Å². The van der Waals surface area contributed by atoms with Crippen LogP contribution in [0, 0.1) is 0 Å². The molecule has 1 aromatic rings. The number of thioether (sulfide) groups is 1. The van der Waals surface area contributed by atoms with Crippen molar-refractivity contribution < 1.29 is 9.84 Å². The lowest BCUT2D eigenvalue weighted by Crippen LogP contribution is -2.23. The Morgan fingerprint density at radius 3 is 2.87 bits per heavy atom. The van der Waals surface area contributed by atoms with E-state index in [-0.39, 0.29) is 10.9 Å². The topological polar surface area (TPSA) is 29.5 Å². The summed E-state index contributed by atoms with van der Waals surface area (Å²) < 4.78 is 5.27. The summed E-state index contributed by atoms with van der Waals surface area (Å²) in [6, 6.07) is 5.91. The summed E-state index contributed by atoms with van der Waals surface area (Å²) in [7, 11) is 1.65. The molecule has 0 aliphatic carbocycles. The first-order valence-electron chi connectivity index (χ1n) is 5.07. The van der Waals surface area contributed by atoms with Gasteiger partial charge < -0.3 is 9.84 Å². The summed E-state index contributed by atoms with van der Waals surface area (Å²) in [6.45, 7) is 4.32. The molecule has 1 aliphatic rings. The van der Waals surface area contributed by atoms with Gasteiger partial charge in [-0.2, -0.15) is 0 Å². The van der Waals surface area contributed by atoms with E-state index in [2.05, 4.69) is 13.8 Å². The standard InChI is InChI=1S/C12H16O2S/c1-12(2)7-10(13)9-6-8(14-3)4-5-11(9)15-12/h4-6,10,13H,7H2,1-3H3. The van der Waals surface area contributed by atoms with Crippen molar-refractivity contribution in [1.82, 2.24) is 0 Å². The highest BCUT2D eigenvalue weighted by molar-refractivity contribution is 8.00. The van der Waals surface area contributed by atoms with Gasteiger partial charge in [0.15, 0.2) is 0 Å². The van der Waals surface area contributed by atoms with Crippen molar-refractivity contribution >= 4 is 11.8 Å². The van der Waals surface area contributed by atoms with Crippen LogP contribution < -0.4 is 4.74 Å². The zero-order valence-electron chi connectivity index (χ0n) is 9.28. The van der Waals surface area contributed by atoms with E-state index in [9.17, 15) is 5.11 Å². The first-order valence-corrected chi connectivity index (χ1v) is 5.88. The maximum absolute atomic E-state index is 10.0. The normalized spacial score (nSPS) is 23.3. The molecule has 82 valence electrons. The molecule has 1 unspecified atom stereocenters. The zero-order chi connectivity index (χ0) is 11.1. The highest BCUT2D eigenvalue weighted by atomic mass is 32.2. The largest absolute Gasteiger partial charge is 0.497 e. The molecule has 0 saturated heterocycles. The molecular formula is C12H16O2S. The molecule has 0 spiro atoms. The van der Waals surface area contributed by atoms with E-state index in [4.69, 9.17) is 4.74 Å². The van der Waals surface area contributed by atoms with Crippen molar-refractivity contribution in [3.05, 3.63) is 23.8 Å². The summed E-state index contributed by atoms with van der Waals surface area (Å²) in [5, 5.41) is 10.0. The van der Waals surface area contributed by atoms with Crippen molar-refractivity contribution in [3.63, 3.8) is 0 Å². The minimum absolute atomic E-state index is 0.112. The Morgan fingerprint density at radius 1 is 1.47 bits per heavy atom. The fourth-order valence-corrected chi connectivity index (χ4v) is 3.21. The molecule has 2 rings (SSSR count). The van der Waals surface area contributed by atoms with E-state index in [0.29, 0.717) is 0 Å². The van der Waals surface area contributed by atoms with E-state index in [1.165, 1.54) is 4.90 Å². The number of hydrogen-bond acceptors (Lipinski definition) is 3. The van der Waals surface area contributed by atoms with E-state index in [1.54, 1.807) is 7.11 Å². The Hall–Kier alpha value is -0.670. The highest BCUT2D eigenvalue weighted by Gasteiger charge is 2.31. The number of ether oxygens (including phenoxy) is 1. The van der Waals surface area contributed by atoms with Gasteiger partial charge in [-0.15, -0.1) is 11.8 Å². The molecule has 0 saturated carbocycles. The maximum atomic E-state index is 10.0. The number of rotatable bonds is 1.